The first kappa shape index (κ1) is 41.7. The van der Waals surface area contributed by atoms with Crippen LogP contribution in [-0.2, 0) is 11.8 Å². The second-order valence-corrected chi connectivity index (χ2v) is 19.0. The molecule has 0 radical (unpaired) electrons. The van der Waals surface area contributed by atoms with Gasteiger partial charge >= 0.3 is 0 Å². The molecule has 8 aromatic carbocycles. The van der Waals surface area contributed by atoms with Gasteiger partial charge in [-0.1, -0.05) is 202 Å². The van der Waals surface area contributed by atoms with Gasteiger partial charge in [0.15, 0.2) is 5.84 Å². The third-order valence-electron chi connectivity index (χ3n) is 15.5. The highest BCUT2D eigenvalue weighted by Crippen LogP contribution is 2.60. The molecule has 2 heteroatoms. The standard InChI is InChI=1S/C66H54N2/c1-6-48-52-27-12-13-28-53(52)55-34-20-33-54(63(48)55)49-30-19-31-50(42(49)3)62-41(2)22-18-35-57(62)65(67-43(4)45-23-8-7-9-24-45)68-44(5)51-32-21-39-61-64(51)56-29-14-17-38-60(56)66(61)58-36-15-10-25-46(58)40-47-26-11-16-37-59(47)66/h7-19,21-33,35-39,48H,5-6,20,34,40H2,1-4H3. The van der Waals surface area contributed by atoms with Crippen molar-refractivity contribution < 1.29 is 0 Å². The summed E-state index contributed by atoms with van der Waals surface area (Å²) in [6, 6.07) is 66.9. The van der Waals surface area contributed by atoms with E-state index in [1.165, 1.54) is 94.6 Å². The first-order valence-electron chi connectivity index (χ1n) is 24.4. The van der Waals surface area contributed by atoms with Crippen LogP contribution in [0.1, 0.15) is 117 Å². The van der Waals surface area contributed by atoms with E-state index >= 15 is 0 Å². The van der Waals surface area contributed by atoms with Crippen molar-refractivity contribution in [3.05, 3.63) is 278 Å². The van der Waals surface area contributed by atoms with E-state index in [1.807, 2.05) is 0 Å². The Labute approximate surface area is 401 Å². The van der Waals surface area contributed by atoms with Crippen molar-refractivity contribution in [2.24, 2.45) is 9.98 Å². The Kier molecular flexibility index (Phi) is 10.2. The maximum absolute atomic E-state index is 5.63. The second-order valence-electron chi connectivity index (χ2n) is 19.0. The molecule has 4 aliphatic carbocycles. The number of aliphatic imine (C=N–C) groups is 2. The lowest BCUT2D eigenvalue weighted by Gasteiger charge is -2.40. The molecule has 1 unspecified atom stereocenters. The quantitative estimate of drug-likeness (QED) is 0.113. The fourth-order valence-corrected chi connectivity index (χ4v) is 12.6. The Bertz CT molecular complexity index is 3470. The minimum atomic E-state index is -0.475. The molecule has 328 valence electrons. The molecule has 0 heterocycles. The predicted molar refractivity (Wildman–Crippen MR) is 286 cm³/mol. The number of aryl methyl sites for hydroxylation is 1. The largest absolute Gasteiger partial charge is 0.233 e. The number of benzene rings is 8. The minimum absolute atomic E-state index is 0.397. The van der Waals surface area contributed by atoms with Crippen LogP contribution in [0.5, 0.6) is 0 Å². The lowest BCUT2D eigenvalue weighted by molar-refractivity contribution is 0.722. The Hall–Kier alpha value is -7.68. The molecule has 0 bridgehead atoms. The van der Waals surface area contributed by atoms with Crippen LogP contribution in [0.25, 0.3) is 39.1 Å². The lowest BCUT2D eigenvalue weighted by atomic mass is 9.61. The van der Waals surface area contributed by atoms with Crippen LogP contribution in [0.2, 0.25) is 0 Å². The monoisotopic (exact) mass is 874 g/mol. The van der Waals surface area contributed by atoms with Crippen LogP contribution in [0.15, 0.2) is 210 Å². The van der Waals surface area contributed by atoms with Crippen LogP contribution in [-0.4, -0.2) is 11.5 Å². The van der Waals surface area contributed by atoms with Gasteiger partial charge in [0.1, 0.15) is 0 Å². The van der Waals surface area contributed by atoms with Crippen molar-refractivity contribution in [2.75, 3.05) is 0 Å². The summed E-state index contributed by atoms with van der Waals surface area (Å²) in [6.07, 6.45) is 6.63. The Morgan fingerprint density at radius 1 is 0.574 bits per heavy atom. The number of amidine groups is 1. The molecule has 0 N–H and O–H groups in total. The highest BCUT2D eigenvalue weighted by Gasteiger charge is 2.50. The molecule has 68 heavy (non-hydrogen) atoms. The van der Waals surface area contributed by atoms with E-state index in [1.54, 1.807) is 0 Å². The van der Waals surface area contributed by atoms with Gasteiger partial charge in [-0.25, -0.2) is 9.98 Å². The van der Waals surface area contributed by atoms with Crippen LogP contribution in [0, 0.1) is 13.8 Å². The maximum atomic E-state index is 5.63. The summed E-state index contributed by atoms with van der Waals surface area (Å²) >= 11 is 0. The summed E-state index contributed by atoms with van der Waals surface area (Å²) < 4.78 is 0. The number of fused-ring (bicyclic) bond motifs is 11. The fourth-order valence-electron chi connectivity index (χ4n) is 12.6. The van der Waals surface area contributed by atoms with Gasteiger partial charge in [0.2, 0.25) is 0 Å². The predicted octanol–water partition coefficient (Wildman–Crippen LogP) is 16.3. The lowest BCUT2D eigenvalue weighted by Crippen LogP contribution is -2.34. The number of nitrogens with zero attached hydrogens (tertiary/aromatic N) is 2. The van der Waals surface area contributed by atoms with Gasteiger partial charge in [0.25, 0.3) is 0 Å². The topological polar surface area (TPSA) is 24.7 Å². The molecule has 0 fully saturated rings. The van der Waals surface area contributed by atoms with E-state index in [0.29, 0.717) is 17.5 Å². The SMILES string of the molecule is C=C(N=C(N=C(C)c1ccccc1)c1cccc(C)c1-c1cccc(C2=CCCC3=C2C(CC)c2ccccc23)c1C)c1cccc2c1-c1ccccc1C21c2ccccc2Cc2ccccc21. The van der Waals surface area contributed by atoms with Crippen LogP contribution >= 0.6 is 0 Å². The summed E-state index contributed by atoms with van der Waals surface area (Å²) in [5.74, 6) is 1.04. The maximum Gasteiger partial charge on any atom is 0.160 e. The van der Waals surface area contributed by atoms with Crippen LogP contribution in [0.3, 0.4) is 0 Å². The van der Waals surface area contributed by atoms with Gasteiger partial charge in [-0.05, 0) is 152 Å². The average molecular weight is 875 g/mol. The van der Waals surface area contributed by atoms with Crippen molar-refractivity contribution in [2.45, 2.75) is 64.7 Å². The van der Waals surface area contributed by atoms with Crippen molar-refractivity contribution in [3.63, 3.8) is 0 Å². The molecular weight excluding hydrogens is 821 g/mol. The molecule has 8 aromatic rings. The zero-order valence-electron chi connectivity index (χ0n) is 39.4. The normalized spacial score (nSPS) is 16.4. The summed E-state index contributed by atoms with van der Waals surface area (Å²) in [6.45, 7) is 13.8. The van der Waals surface area contributed by atoms with Crippen molar-refractivity contribution in [1.29, 1.82) is 0 Å². The van der Waals surface area contributed by atoms with E-state index < -0.39 is 5.41 Å². The number of hydrogen-bond donors (Lipinski definition) is 0. The minimum Gasteiger partial charge on any atom is -0.233 e. The Morgan fingerprint density at radius 2 is 1.18 bits per heavy atom. The van der Waals surface area contributed by atoms with Gasteiger partial charge in [-0.15, -0.1) is 0 Å². The molecule has 2 nitrogen and oxygen atoms in total. The van der Waals surface area contributed by atoms with Crippen LogP contribution < -0.4 is 0 Å². The Balaban J connectivity index is 1.04. The second kappa shape index (κ2) is 16.6. The molecule has 0 aromatic heterocycles. The zero-order valence-corrected chi connectivity index (χ0v) is 39.4. The molecule has 4 aliphatic rings. The summed E-state index contributed by atoms with van der Waals surface area (Å²) in [4.78, 5) is 11.1. The summed E-state index contributed by atoms with van der Waals surface area (Å²) in [5.41, 5.74) is 28.0. The molecular formula is C66H54N2. The molecule has 0 saturated heterocycles. The number of allylic oxidation sites excluding steroid dienone is 4. The molecule has 0 amide bonds. The van der Waals surface area contributed by atoms with Gasteiger partial charge in [-0.2, -0.15) is 0 Å². The van der Waals surface area contributed by atoms with Gasteiger partial charge < -0.3 is 0 Å². The highest BCUT2D eigenvalue weighted by molar-refractivity contribution is 6.16. The summed E-state index contributed by atoms with van der Waals surface area (Å²) in [7, 11) is 0. The van der Waals surface area contributed by atoms with Gasteiger partial charge in [-0.3, -0.25) is 0 Å². The molecule has 1 spiro atoms. The molecule has 0 aliphatic heterocycles. The van der Waals surface area contributed by atoms with E-state index in [0.717, 1.165) is 53.6 Å². The van der Waals surface area contributed by atoms with Crippen LogP contribution in [0.4, 0.5) is 0 Å². The third kappa shape index (κ3) is 6.31. The smallest absolute Gasteiger partial charge is 0.160 e. The zero-order chi connectivity index (χ0) is 46.1. The van der Waals surface area contributed by atoms with Crippen molar-refractivity contribution >= 4 is 28.4 Å². The van der Waals surface area contributed by atoms with Crippen molar-refractivity contribution in [3.8, 4) is 22.3 Å². The van der Waals surface area contributed by atoms with Crippen molar-refractivity contribution in [1.82, 2.24) is 0 Å². The van der Waals surface area contributed by atoms with Gasteiger partial charge in [0.05, 0.1) is 11.1 Å². The van der Waals surface area contributed by atoms with E-state index in [2.05, 4.69) is 216 Å². The first-order chi connectivity index (χ1) is 33.4. The average Bonchev–Trinajstić information content (AvgIpc) is 3.87. The highest BCUT2D eigenvalue weighted by atomic mass is 14.9. The van der Waals surface area contributed by atoms with E-state index in [4.69, 9.17) is 16.6 Å². The molecule has 1 atom stereocenters. The first-order valence-corrected chi connectivity index (χ1v) is 24.4. The number of rotatable bonds is 7. The molecule has 0 saturated carbocycles. The van der Waals surface area contributed by atoms with E-state index in [-0.39, 0.29) is 0 Å². The van der Waals surface area contributed by atoms with Gasteiger partial charge in [0, 0.05) is 22.8 Å². The Morgan fingerprint density at radius 3 is 1.94 bits per heavy atom. The summed E-state index contributed by atoms with van der Waals surface area (Å²) in [5, 5.41) is 0. The number of hydrogen-bond acceptors (Lipinski definition) is 1. The molecule has 12 rings (SSSR count). The fraction of sp³-hybridized carbons (Fsp3) is 0.152. The third-order valence-corrected chi connectivity index (χ3v) is 15.5. The van der Waals surface area contributed by atoms with E-state index in [9.17, 15) is 0 Å².